The number of nitrogens with zero attached hydrogens (tertiary/aromatic N) is 1. The number of hydrogen-bond donors (Lipinski definition) is 0. The zero-order chi connectivity index (χ0) is 11.6. The van der Waals surface area contributed by atoms with Crippen LogP contribution in [0.15, 0.2) is 30.3 Å². The second-order valence-corrected chi connectivity index (χ2v) is 5.37. The van der Waals surface area contributed by atoms with Crippen molar-refractivity contribution >= 4 is 0 Å². The van der Waals surface area contributed by atoms with Crippen LogP contribution in [0, 0.1) is 0 Å². The fraction of sp³-hybridized carbons (Fsp3) is 0.571. The van der Waals surface area contributed by atoms with E-state index in [9.17, 15) is 0 Å². The summed E-state index contributed by atoms with van der Waals surface area (Å²) in [6.45, 7) is 9.49. The molecule has 16 heavy (non-hydrogen) atoms. The third kappa shape index (κ3) is 2.45. The van der Waals surface area contributed by atoms with E-state index < -0.39 is 0 Å². The van der Waals surface area contributed by atoms with Gasteiger partial charge in [0.15, 0.2) is 0 Å². The van der Waals surface area contributed by atoms with Gasteiger partial charge in [0, 0.05) is 12.1 Å². The van der Waals surface area contributed by atoms with Gasteiger partial charge in [-0.1, -0.05) is 30.3 Å². The van der Waals surface area contributed by atoms with Crippen LogP contribution in [0.4, 0.5) is 0 Å². The zero-order valence-corrected chi connectivity index (χ0v) is 10.4. The summed E-state index contributed by atoms with van der Waals surface area (Å²) in [6.07, 6.45) is 0. The molecule has 1 saturated heterocycles. The van der Waals surface area contributed by atoms with Crippen molar-refractivity contribution in [2.24, 2.45) is 0 Å². The van der Waals surface area contributed by atoms with E-state index in [2.05, 4.69) is 56.0 Å². The third-order valence-electron chi connectivity index (χ3n) is 3.17. The minimum Gasteiger partial charge on any atom is -0.378 e. The van der Waals surface area contributed by atoms with Gasteiger partial charge in [0.05, 0.1) is 19.3 Å². The molecule has 0 aromatic heterocycles. The predicted molar refractivity (Wildman–Crippen MR) is 66.5 cm³/mol. The largest absolute Gasteiger partial charge is 0.378 e. The van der Waals surface area contributed by atoms with E-state index in [0.29, 0.717) is 6.04 Å². The molecule has 0 spiro atoms. The highest BCUT2D eigenvalue weighted by atomic mass is 16.5. The van der Waals surface area contributed by atoms with Gasteiger partial charge in [-0.25, -0.2) is 0 Å². The first-order chi connectivity index (χ1) is 7.59. The van der Waals surface area contributed by atoms with Crippen LogP contribution in [-0.2, 0) is 4.74 Å². The van der Waals surface area contributed by atoms with Crippen molar-refractivity contribution in [3.05, 3.63) is 35.9 Å². The molecule has 0 N–H and O–H groups in total. The lowest BCUT2D eigenvalue weighted by Crippen LogP contribution is -2.49. The Kier molecular flexibility index (Phi) is 3.31. The maximum atomic E-state index is 5.62. The average molecular weight is 219 g/mol. The maximum Gasteiger partial charge on any atom is 0.0664 e. The van der Waals surface area contributed by atoms with Gasteiger partial charge in [-0.3, -0.25) is 4.90 Å². The highest BCUT2D eigenvalue weighted by Crippen LogP contribution is 2.30. The van der Waals surface area contributed by atoms with E-state index in [1.807, 2.05) is 0 Å². The van der Waals surface area contributed by atoms with Crippen LogP contribution in [0.2, 0.25) is 0 Å². The van der Waals surface area contributed by atoms with E-state index in [4.69, 9.17) is 4.74 Å². The number of ether oxygens (including phenoxy) is 1. The number of rotatable bonds is 1. The smallest absolute Gasteiger partial charge is 0.0664 e. The summed E-state index contributed by atoms with van der Waals surface area (Å²) >= 11 is 0. The Bertz CT molecular complexity index is 328. The minimum atomic E-state index is 0.199. The van der Waals surface area contributed by atoms with Gasteiger partial charge in [-0.05, 0) is 26.3 Å². The molecule has 2 rings (SSSR count). The van der Waals surface area contributed by atoms with E-state index in [0.717, 1.165) is 19.8 Å². The topological polar surface area (TPSA) is 12.5 Å². The predicted octanol–water partition coefficient (Wildman–Crippen LogP) is 2.86. The molecule has 1 aromatic carbocycles. The molecule has 1 aromatic rings. The molecule has 1 aliphatic rings. The molecule has 2 nitrogen and oxygen atoms in total. The molecule has 1 unspecified atom stereocenters. The van der Waals surface area contributed by atoms with Crippen molar-refractivity contribution in [2.75, 3.05) is 19.8 Å². The van der Waals surface area contributed by atoms with Crippen molar-refractivity contribution in [1.82, 2.24) is 4.90 Å². The highest BCUT2D eigenvalue weighted by Gasteiger charge is 2.32. The summed E-state index contributed by atoms with van der Waals surface area (Å²) in [7, 11) is 0. The lowest BCUT2D eigenvalue weighted by atomic mass is 9.97. The molecule has 0 bridgehead atoms. The van der Waals surface area contributed by atoms with Gasteiger partial charge < -0.3 is 4.74 Å². The van der Waals surface area contributed by atoms with Gasteiger partial charge >= 0.3 is 0 Å². The first kappa shape index (κ1) is 11.6. The first-order valence-corrected chi connectivity index (χ1v) is 5.98. The Balaban J connectivity index is 2.24. The molecule has 88 valence electrons. The van der Waals surface area contributed by atoms with Crippen molar-refractivity contribution < 1.29 is 4.74 Å². The fourth-order valence-corrected chi connectivity index (χ4v) is 2.36. The van der Waals surface area contributed by atoms with Gasteiger partial charge in [0.1, 0.15) is 0 Å². The summed E-state index contributed by atoms with van der Waals surface area (Å²) in [4.78, 5) is 2.53. The fourth-order valence-electron chi connectivity index (χ4n) is 2.36. The van der Waals surface area contributed by atoms with E-state index in [1.165, 1.54) is 5.56 Å². The van der Waals surface area contributed by atoms with E-state index >= 15 is 0 Å². The Labute approximate surface area is 98.2 Å². The lowest BCUT2D eigenvalue weighted by Gasteiger charge is -2.44. The van der Waals surface area contributed by atoms with Crippen molar-refractivity contribution in [2.45, 2.75) is 32.4 Å². The molecule has 1 heterocycles. The standard InChI is InChI=1S/C14H21NO/c1-14(2,3)15-9-10-16-11-13(15)12-7-5-4-6-8-12/h4-8,13H,9-11H2,1-3H3. The Morgan fingerprint density at radius 2 is 1.88 bits per heavy atom. The van der Waals surface area contributed by atoms with Crippen LogP contribution < -0.4 is 0 Å². The summed E-state index contributed by atoms with van der Waals surface area (Å²) in [5, 5.41) is 0. The summed E-state index contributed by atoms with van der Waals surface area (Å²) in [5.41, 5.74) is 1.56. The lowest BCUT2D eigenvalue weighted by molar-refractivity contribution is -0.0506. The second-order valence-electron chi connectivity index (χ2n) is 5.37. The Morgan fingerprint density at radius 1 is 1.19 bits per heavy atom. The highest BCUT2D eigenvalue weighted by molar-refractivity contribution is 5.20. The molecule has 0 aliphatic carbocycles. The zero-order valence-electron chi connectivity index (χ0n) is 10.4. The number of hydrogen-bond acceptors (Lipinski definition) is 2. The van der Waals surface area contributed by atoms with Crippen LogP contribution in [0.5, 0.6) is 0 Å². The molecule has 1 fully saturated rings. The summed E-state index contributed by atoms with van der Waals surface area (Å²) in [6, 6.07) is 11.1. The molecular weight excluding hydrogens is 198 g/mol. The van der Waals surface area contributed by atoms with Crippen LogP contribution in [0.3, 0.4) is 0 Å². The quantitative estimate of drug-likeness (QED) is 0.720. The first-order valence-electron chi connectivity index (χ1n) is 5.98. The normalized spacial score (nSPS) is 23.3. The van der Waals surface area contributed by atoms with Crippen LogP contribution >= 0.6 is 0 Å². The van der Waals surface area contributed by atoms with Crippen LogP contribution in [0.25, 0.3) is 0 Å². The minimum absolute atomic E-state index is 0.199. The Hall–Kier alpha value is -0.860. The van der Waals surface area contributed by atoms with Gasteiger partial charge in [-0.2, -0.15) is 0 Å². The van der Waals surface area contributed by atoms with Crippen molar-refractivity contribution in [1.29, 1.82) is 0 Å². The summed E-state index contributed by atoms with van der Waals surface area (Å²) < 4.78 is 5.62. The van der Waals surface area contributed by atoms with E-state index in [1.54, 1.807) is 0 Å². The molecular formula is C14H21NO. The average Bonchev–Trinajstić information content (AvgIpc) is 2.29. The van der Waals surface area contributed by atoms with Gasteiger partial charge in [0.2, 0.25) is 0 Å². The third-order valence-corrected chi connectivity index (χ3v) is 3.17. The Morgan fingerprint density at radius 3 is 2.50 bits per heavy atom. The number of morpholine rings is 1. The summed E-state index contributed by atoms with van der Waals surface area (Å²) in [5.74, 6) is 0. The van der Waals surface area contributed by atoms with Gasteiger partial charge in [0.25, 0.3) is 0 Å². The van der Waals surface area contributed by atoms with Crippen LogP contribution in [-0.4, -0.2) is 30.2 Å². The van der Waals surface area contributed by atoms with Crippen LogP contribution in [0.1, 0.15) is 32.4 Å². The van der Waals surface area contributed by atoms with Crippen molar-refractivity contribution in [3.8, 4) is 0 Å². The molecule has 2 heteroatoms. The molecule has 0 radical (unpaired) electrons. The van der Waals surface area contributed by atoms with Crippen molar-refractivity contribution in [3.63, 3.8) is 0 Å². The molecule has 0 saturated carbocycles. The van der Waals surface area contributed by atoms with Gasteiger partial charge in [-0.15, -0.1) is 0 Å². The second kappa shape index (κ2) is 4.56. The number of benzene rings is 1. The maximum absolute atomic E-state index is 5.62. The monoisotopic (exact) mass is 219 g/mol. The molecule has 1 aliphatic heterocycles. The SMILES string of the molecule is CC(C)(C)N1CCOCC1c1ccccc1. The molecule has 0 amide bonds. The molecule has 1 atom stereocenters. The van der Waals surface area contributed by atoms with E-state index in [-0.39, 0.29) is 5.54 Å².